The molecule has 3 aromatic heterocycles. The van der Waals surface area contributed by atoms with Crippen LogP contribution in [0, 0.1) is 19.7 Å². The standard InChI is InChI=1S/C26H23FN6O5S/c1-15-10-19(33-38-15)14-35-20-8-6-17(7-9-20)30-24-22(27)12-28-25(32-24)31-18-4-3-5-21(11-18)39-29-13-23-16(2)36-26(34)37-23/h3-12,29H,13-14H2,1-2H3,(H2,28,30,31,32). The molecule has 0 atom stereocenters. The van der Waals surface area contributed by atoms with Gasteiger partial charge < -0.3 is 28.7 Å². The molecule has 11 nitrogen and oxygen atoms in total. The molecule has 0 aliphatic rings. The molecule has 0 aliphatic heterocycles. The van der Waals surface area contributed by atoms with E-state index in [2.05, 4.69) is 30.5 Å². The van der Waals surface area contributed by atoms with Crippen LogP contribution in [0.25, 0.3) is 0 Å². The van der Waals surface area contributed by atoms with Crippen LogP contribution in [-0.4, -0.2) is 15.1 Å². The third-order valence-electron chi connectivity index (χ3n) is 5.27. The molecule has 0 bridgehead atoms. The van der Waals surface area contributed by atoms with E-state index in [1.54, 1.807) is 37.3 Å². The van der Waals surface area contributed by atoms with Gasteiger partial charge in [-0.2, -0.15) is 4.98 Å². The summed E-state index contributed by atoms with van der Waals surface area (Å²) < 4.78 is 38.1. The number of ether oxygens (including phenoxy) is 1. The van der Waals surface area contributed by atoms with Gasteiger partial charge in [0.1, 0.15) is 29.6 Å². The molecule has 0 aliphatic carbocycles. The number of anilines is 4. The highest BCUT2D eigenvalue weighted by molar-refractivity contribution is 7.97. The first kappa shape index (κ1) is 26.0. The number of hydrogen-bond acceptors (Lipinski definition) is 12. The van der Waals surface area contributed by atoms with Gasteiger partial charge >= 0.3 is 5.82 Å². The molecule has 0 saturated heterocycles. The molecule has 2 aromatic carbocycles. The van der Waals surface area contributed by atoms with Crippen LogP contribution in [-0.2, 0) is 13.2 Å². The van der Waals surface area contributed by atoms with Gasteiger partial charge in [0, 0.05) is 22.3 Å². The van der Waals surface area contributed by atoms with E-state index in [0.717, 1.165) is 11.1 Å². The third kappa shape index (κ3) is 7.03. The van der Waals surface area contributed by atoms with Crippen LogP contribution >= 0.6 is 11.9 Å². The van der Waals surface area contributed by atoms with E-state index in [-0.39, 0.29) is 18.4 Å². The molecule has 3 N–H and O–H groups in total. The number of hydrogen-bond donors (Lipinski definition) is 3. The van der Waals surface area contributed by atoms with E-state index in [1.165, 1.54) is 11.9 Å². The smallest absolute Gasteiger partial charge is 0.487 e. The van der Waals surface area contributed by atoms with Crippen LogP contribution in [0.3, 0.4) is 0 Å². The maximum absolute atomic E-state index is 14.5. The Kier molecular flexibility index (Phi) is 7.89. The lowest BCUT2D eigenvalue weighted by atomic mass is 10.3. The second kappa shape index (κ2) is 11.8. The predicted octanol–water partition coefficient (Wildman–Crippen LogP) is 5.63. The molecule has 5 rings (SSSR count). The third-order valence-corrected chi connectivity index (χ3v) is 6.05. The highest BCUT2D eigenvalue weighted by Gasteiger charge is 2.10. The van der Waals surface area contributed by atoms with Crippen LogP contribution in [0.4, 0.5) is 27.5 Å². The minimum absolute atomic E-state index is 0.0170. The molecular weight excluding hydrogens is 527 g/mol. The quantitative estimate of drug-likeness (QED) is 0.176. The van der Waals surface area contributed by atoms with E-state index >= 15 is 0 Å². The Bertz CT molecular complexity index is 1620. The van der Waals surface area contributed by atoms with Crippen molar-refractivity contribution in [1.29, 1.82) is 0 Å². The average molecular weight is 551 g/mol. The number of halogens is 1. The fourth-order valence-electron chi connectivity index (χ4n) is 3.42. The molecule has 0 spiro atoms. The van der Waals surface area contributed by atoms with Crippen LogP contribution in [0.2, 0.25) is 0 Å². The summed E-state index contributed by atoms with van der Waals surface area (Å²) in [5.41, 5.74) is 2.02. The van der Waals surface area contributed by atoms with Crippen molar-refractivity contribution in [2.75, 3.05) is 10.6 Å². The second-order valence-corrected chi connectivity index (χ2v) is 9.23. The first-order valence-corrected chi connectivity index (χ1v) is 12.5. The van der Waals surface area contributed by atoms with Gasteiger partial charge in [0.25, 0.3) is 0 Å². The summed E-state index contributed by atoms with van der Waals surface area (Å²) in [6.45, 7) is 4.06. The zero-order valence-corrected chi connectivity index (χ0v) is 21.7. The molecule has 0 fully saturated rings. The average Bonchev–Trinajstić information content (AvgIpc) is 3.49. The lowest BCUT2D eigenvalue weighted by Crippen LogP contribution is -2.04. The zero-order valence-electron chi connectivity index (χ0n) is 20.9. The van der Waals surface area contributed by atoms with E-state index in [4.69, 9.17) is 18.1 Å². The van der Waals surface area contributed by atoms with Gasteiger partial charge in [-0.3, -0.25) is 4.72 Å². The van der Waals surface area contributed by atoms with Crippen molar-refractivity contribution >= 4 is 35.1 Å². The lowest BCUT2D eigenvalue weighted by Gasteiger charge is -2.11. The van der Waals surface area contributed by atoms with Gasteiger partial charge in [0.05, 0.1) is 12.7 Å². The first-order valence-electron chi connectivity index (χ1n) is 11.7. The number of rotatable bonds is 11. The van der Waals surface area contributed by atoms with E-state index in [1.807, 2.05) is 31.2 Å². The van der Waals surface area contributed by atoms with Crippen molar-refractivity contribution in [3.05, 3.63) is 100 Å². The number of aryl methyl sites for hydroxylation is 2. The number of aromatic nitrogens is 3. The fraction of sp³-hybridized carbons (Fsp3) is 0.154. The summed E-state index contributed by atoms with van der Waals surface area (Å²) in [6, 6.07) is 16.3. The Balaban J connectivity index is 1.18. The van der Waals surface area contributed by atoms with E-state index in [0.29, 0.717) is 46.6 Å². The Hall–Kier alpha value is -4.62. The molecular formula is C26H23FN6O5S. The molecule has 0 saturated carbocycles. The largest absolute Gasteiger partial charge is 0.519 e. The van der Waals surface area contributed by atoms with E-state index in [9.17, 15) is 9.18 Å². The van der Waals surface area contributed by atoms with Crippen LogP contribution in [0.1, 0.15) is 23.0 Å². The topological polar surface area (TPSA) is 140 Å². The van der Waals surface area contributed by atoms with Gasteiger partial charge in [-0.1, -0.05) is 11.2 Å². The number of benzene rings is 2. The van der Waals surface area contributed by atoms with Gasteiger partial charge in [-0.15, -0.1) is 0 Å². The minimum atomic E-state index is -0.728. The fourth-order valence-corrected chi connectivity index (χ4v) is 4.12. The minimum Gasteiger partial charge on any atom is -0.487 e. The van der Waals surface area contributed by atoms with Crippen LogP contribution in [0.15, 0.2) is 83.8 Å². The lowest BCUT2D eigenvalue weighted by molar-refractivity contribution is 0.288. The highest BCUT2D eigenvalue weighted by atomic mass is 32.2. The molecule has 0 amide bonds. The highest BCUT2D eigenvalue weighted by Crippen LogP contribution is 2.25. The van der Waals surface area contributed by atoms with Crippen molar-refractivity contribution in [2.45, 2.75) is 31.9 Å². The molecule has 3 heterocycles. The zero-order chi connectivity index (χ0) is 27.2. The van der Waals surface area contributed by atoms with Crippen molar-refractivity contribution in [3.63, 3.8) is 0 Å². The van der Waals surface area contributed by atoms with Crippen molar-refractivity contribution in [3.8, 4) is 5.75 Å². The van der Waals surface area contributed by atoms with Crippen molar-refractivity contribution in [1.82, 2.24) is 19.8 Å². The van der Waals surface area contributed by atoms with Gasteiger partial charge in [0.15, 0.2) is 17.4 Å². The monoisotopic (exact) mass is 550 g/mol. The summed E-state index contributed by atoms with van der Waals surface area (Å²) in [6.07, 6.45) is 1.09. The maximum Gasteiger partial charge on any atom is 0.519 e. The van der Waals surface area contributed by atoms with Crippen molar-refractivity contribution in [2.24, 2.45) is 0 Å². The van der Waals surface area contributed by atoms with Gasteiger partial charge in [-0.05, 0) is 68.3 Å². The molecule has 200 valence electrons. The Morgan fingerprint density at radius 1 is 1.03 bits per heavy atom. The van der Waals surface area contributed by atoms with Crippen molar-refractivity contribution < 1.29 is 22.5 Å². The summed E-state index contributed by atoms with van der Waals surface area (Å²) in [4.78, 5) is 20.4. The summed E-state index contributed by atoms with van der Waals surface area (Å²) in [7, 11) is 0. The maximum atomic E-state index is 14.5. The van der Waals surface area contributed by atoms with Gasteiger partial charge in [-0.25, -0.2) is 14.2 Å². The Morgan fingerprint density at radius 2 is 1.87 bits per heavy atom. The van der Waals surface area contributed by atoms with Crippen LogP contribution < -0.4 is 25.9 Å². The SMILES string of the molecule is Cc1cc(COc2ccc(Nc3nc(Nc4cccc(SNCc5oc(=O)oc5C)c4)ncc3F)cc2)no1. The van der Waals surface area contributed by atoms with Gasteiger partial charge in [0.2, 0.25) is 5.95 Å². The molecule has 0 radical (unpaired) electrons. The summed E-state index contributed by atoms with van der Waals surface area (Å²) >= 11 is 1.34. The Morgan fingerprint density at radius 3 is 2.62 bits per heavy atom. The number of nitrogens with zero attached hydrogens (tertiary/aromatic N) is 3. The first-order chi connectivity index (χ1) is 18.9. The molecule has 5 aromatic rings. The summed E-state index contributed by atoms with van der Waals surface area (Å²) in [5, 5.41) is 9.94. The molecule has 39 heavy (non-hydrogen) atoms. The second-order valence-electron chi connectivity index (χ2n) is 8.27. The van der Waals surface area contributed by atoms with Crippen LogP contribution in [0.5, 0.6) is 5.75 Å². The summed E-state index contributed by atoms with van der Waals surface area (Å²) in [5.74, 6) is 1.12. The number of nitrogens with one attached hydrogen (secondary N) is 3. The Labute approximate surface area is 225 Å². The molecule has 0 unspecified atom stereocenters. The normalized spacial score (nSPS) is 10.9. The predicted molar refractivity (Wildman–Crippen MR) is 142 cm³/mol. The molecule has 13 heteroatoms. The van der Waals surface area contributed by atoms with E-state index < -0.39 is 11.6 Å².